The molecule has 0 spiro atoms. The van der Waals surface area contributed by atoms with Gasteiger partial charge < -0.3 is 19.4 Å². The monoisotopic (exact) mass is 950 g/mol. The number of aryl methyl sites for hydroxylation is 2. The SMILES string of the molecule is CN(CC1CCC(n2cc(NC(=O)c3coc(-c4ccnc(CCC5CC5)c4)n3)c(C(F)F)n2)CC1)C1CC(OCCC2CCN(Cc3ccc4c(c3)n(C)c(=O)n4C3CCC(=O)NC3=O)CC2)C1. The number of carbonyl (C=O) groups is 3. The number of carbonyl (C=O) groups excluding carboxylic acids is 3. The zero-order valence-electron chi connectivity index (χ0n) is 39.7. The van der Waals surface area contributed by atoms with Gasteiger partial charge in [0.05, 0.1) is 28.9 Å². The standard InChI is InChI=1S/C51H64F2N10O6/c1-59(38-25-39(26-38)68-22-18-32-16-20-61(21-17-32)28-34-8-12-42-44(23-34)60(2)51(67)63(42)43-13-14-45(64)57-49(43)66)27-33-6-10-37(11-7-33)62-29-40(46(58-62)47(52)53)55-48(65)41-30-69-50(56-41)35-15-19-54-36(24-35)9-5-31-3-4-31/h8,12,15,19,23-24,29-33,37-39,43,47H,3-7,9-11,13-14,16-18,20-22,25-28H2,1-2H3,(H,55,65)(H,57,64,66). The highest BCUT2D eigenvalue weighted by Crippen LogP contribution is 2.38. The number of amides is 3. The molecular weight excluding hydrogens is 887 g/mol. The Hall–Kier alpha value is -5.59. The predicted molar refractivity (Wildman–Crippen MR) is 254 cm³/mol. The van der Waals surface area contributed by atoms with Crippen molar-refractivity contribution >= 4 is 34.4 Å². The van der Waals surface area contributed by atoms with Gasteiger partial charge in [0.15, 0.2) is 11.4 Å². The second-order valence-corrected chi connectivity index (χ2v) is 20.5. The smallest absolute Gasteiger partial charge is 0.329 e. The van der Waals surface area contributed by atoms with Gasteiger partial charge in [-0.25, -0.2) is 18.6 Å². The molecule has 10 rings (SSSR count). The van der Waals surface area contributed by atoms with E-state index >= 15 is 0 Å². The van der Waals surface area contributed by atoms with Crippen LogP contribution in [0.3, 0.4) is 0 Å². The van der Waals surface area contributed by atoms with E-state index in [-0.39, 0.29) is 41.3 Å². The first-order valence-corrected chi connectivity index (χ1v) is 25.1. The molecule has 5 fully saturated rings. The topological polar surface area (TPSA) is 175 Å². The number of anilines is 1. The Morgan fingerprint density at radius 1 is 0.957 bits per heavy atom. The fourth-order valence-electron chi connectivity index (χ4n) is 11.1. The van der Waals surface area contributed by atoms with Gasteiger partial charge in [-0.3, -0.25) is 43.4 Å². The molecule has 4 aromatic heterocycles. The third-order valence-electron chi connectivity index (χ3n) is 15.6. The molecule has 0 radical (unpaired) electrons. The van der Waals surface area contributed by atoms with Crippen molar-refractivity contribution in [2.75, 3.05) is 38.6 Å². The first-order valence-electron chi connectivity index (χ1n) is 25.1. The second kappa shape index (κ2) is 20.4. The van der Waals surface area contributed by atoms with Gasteiger partial charge in [0.2, 0.25) is 17.7 Å². The lowest BCUT2D eigenvalue weighted by Crippen LogP contribution is -2.48. The summed E-state index contributed by atoms with van der Waals surface area (Å²) in [6, 6.07) is 9.51. The van der Waals surface area contributed by atoms with Gasteiger partial charge in [-0.2, -0.15) is 5.10 Å². The fourth-order valence-corrected chi connectivity index (χ4v) is 11.1. The van der Waals surface area contributed by atoms with Gasteiger partial charge in [0.1, 0.15) is 12.3 Å². The largest absolute Gasteiger partial charge is 0.444 e. The molecule has 2 N–H and O–H groups in total. The van der Waals surface area contributed by atoms with Crippen molar-refractivity contribution < 1.29 is 32.3 Å². The summed E-state index contributed by atoms with van der Waals surface area (Å²) in [5.74, 6) is 0.853. The van der Waals surface area contributed by atoms with Gasteiger partial charge in [-0.05, 0) is 145 Å². The minimum absolute atomic E-state index is 0.000559. The van der Waals surface area contributed by atoms with Crippen LogP contribution in [0.15, 0.2) is 58.2 Å². The van der Waals surface area contributed by atoms with Gasteiger partial charge in [0, 0.05) is 62.9 Å². The zero-order chi connectivity index (χ0) is 47.8. The maximum absolute atomic E-state index is 14.2. The number of oxazole rings is 1. The van der Waals surface area contributed by atoms with E-state index in [0.29, 0.717) is 41.5 Å². The number of rotatable bonds is 18. The number of hydrogen-bond donors (Lipinski definition) is 2. The molecule has 5 aliphatic rings. The highest BCUT2D eigenvalue weighted by atomic mass is 19.3. The van der Waals surface area contributed by atoms with Crippen molar-refractivity contribution in [2.24, 2.45) is 24.8 Å². The molecule has 2 aliphatic heterocycles. The van der Waals surface area contributed by atoms with E-state index in [2.05, 4.69) is 48.6 Å². The van der Waals surface area contributed by atoms with Crippen molar-refractivity contribution in [3.8, 4) is 11.5 Å². The lowest BCUT2D eigenvalue weighted by molar-refractivity contribution is -0.135. The Balaban J connectivity index is 0.621. The van der Waals surface area contributed by atoms with Crippen LogP contribution in [0.5, 0.6) is 0 Å². The lowest BCUT2D eigenvalue weighted by atomic mass is 9.83. The van der Waals surface area contributed by atoms with Gasteiger partial charge in [-0.15, -0.1) is 0 Å². The van der Waals surface area contributed by atoms with Crippen LogP contribution in [0, 0.1) is 17.8 Å². The number of halogens is 2. The van der Waals surface area contributed by atoms with E-state index in [1.807, 2.05) is 18.2 Å². The molecule has 16 nitrogen and oxygen atoms in total. The third-order valence-corrected chi connectivity index (χ3v) is 15.6. The van der Waals surface area contributed by atoms with Crippen molar-refractivity contribution in [3.05, 3.63) is 82.1 Å². The summed E-state index contributed by atoms with van der Waals surface area (Å²) in [6.45, 7) is 4.59. The highest BCUT2D eigenvalue weighted by molar-refractivity contribution is 6.03. The summed E-state index contributed by atoms with van der Waals surface area (Å²) < 4.78 is 45.2. The first-order chi connectivity index (χ1) is 33.4. The molecule has 5 aromatic rings. The molecule has 6 heterocycles. The maximum Gasteiger partial charge on any atom is 0.329 e. The molecule has 368 valence electrons. The van der Waals surface area contributed by atoms with Crippen molar-refractivity contribution in [2.45, 2.75) is 134 Å². The summed E-state index contributed by atoms with van der Waals surface area (Å²) >= 11 is 0. The molecule has 69 heavy (non-hydrogen) atoms. The van der Waals surface area contributed by atoms with Crippen molar-refractivity contribution in [1.29, 1.82) is 0 Å². The number of piperidine rings is 2. The summed E-state index contributed by atoms with van der Waals surface area (Å²) in [6.07, 6.45) is 16.0. The number of imidazole rings is 1. The second-order valence-electron chi connectivity index (χ2n) is 20.5. The molecule has 1 aromatic carbocycles. The Bertz CT molecular complexity index is 2700. The minimum Gasteiger partial charge on any atom is -0.444 e. The zero-order valence-corrected chi connectivity index (χ0v) is 39.7. The summed E-state index contributed by atoms with van der Waals surface area (Å²) in [5.41, 5.74) is 3.57. The van der Waals surface area contributed by atoms with E-state index in [4.69, 9.17) is 9.15 Å². The maximum atomic E-state index is 14.2. The number of hydrogen-bond acceptors (Lipinski definition) is 11. The van der Waals surface area contributed by atoms with E-state index in [1.165, 1.54) is 29.9 Å². The summed E-state index contributed by atoms with van der Waals surface area (Å²) in [5, 5.41) is 9.27. The Labute approximate surface area is 400 Å². The molecule has 1 atom stereocenters. The van der Waals surface area contributed by atoms with Gasteiger partial charge in [0.25, 0.3) is 12.3 Å². The number of pyridine rings is 1. The third kappa shape index (κ3) is 10.8. The predicted octanol–water partition coefficient (Wildman–Crippen LogP) is 7.61. The van der Waals surface area contributed by atoms with Crippen LogP contribution in [0.1, 0.15) is 136 Å². The van der Waals surface area contributed by atoms with E-state index in [0.717, 1.165) is 126 Å². The molecule has 3 amide bonds. The van der Waals surface area contributed by atoms with Crippen LogP contribution >= 0.6 is 0 Å². The van der Waals surface area contributed by atoms with Crippen LogP contribution in [0.25, 0.3) is 22.5 Å². The number of alkyl halides is 2. The number of likely N-dealkylation sites (tertiary alicyclic amines) is 1. The van der Waals surface area contributed by atoms with Crippen LogP contribution in [-0.2, 0) is 34.3 Å². The molecular formula is C51H64F2N10O6. The molecule has 3 saturated carbocycles. The number of nitrogens with one attached hydrogen (secondary N) is 2. The highest BCUT2D eigenvalue weighted by Gasteiger charge is 2.36. The molecule has 2 saturated heterocycles. The van der Waals surface area contributed by atoms with E-state index < -0.39 is 30.0 Å². The van der Waals surface area contributed by atoms with Crippen LogP contribution in [0.2, 0.25) is 0 Å². The fraction of sp³-hybridized carbons (Fsp3) is 0.588. The number of nitrogens with zero attached hydrogens (tertiary/aromatic N) is 8. The molecule has 18 heteroatoms. The van der Waals surface area contributed by atoms with Crippen molar-refractivity contribution in [1.82, 2.24) is 44.0 Å². The normalized spacial score (nSPS) is 23.8. The summed E-state index contributed by atoms with van der Waals surface area (Å²) in [7, 11) is 3.94. The van der Waals surface area contributed by atoms with E-state index in [9.17, 15) is 28.0 Å². The number of aromatic nitrogens is 6. The number of imide groups is 1. The number of ether oxygens (including phenoxy) is 1. The molecule has 1 unspecified atom stereocenters. The lowest BCUT2D eigenvalue weighted by Gasteiger charge is -2.43. The average molecular weight is 951 g/mol. The van der Waals surface area contributed by atoms with E-state index in [1.54, 1.807) is 28.6 Å². The van der Waals surface area contributed by atoms with Crippen LogP contribution < -0.4 is 16.3 Å². The Morgan fingerprint density at radius 3 is 2.48 bits per heavy atom. The Morgan fingerprint density at radius 2 is 1.72 bits per heavy atom. The number of benzene rings is 1. The average Bonchev–Trinajstić information content (AvgIpc) is 3.74. The first kappa shape index (κ1) is 47.1. The van der Waals surface area contributed by atoms with Crippen LogP contribution in [-0.4, -0.2) is 102 Å². The van der Waals surface area contributed by atoms with Gasteiger partial charge >= 0.3 is 5.69 Å². The Kier molecular flexibility index (Phi) is 13.9. The quantitative estimate of drug-likeness (QED) is 0.0828. The molecule has 0 bridgehead atoms. The van der Waals surface area contributed by atoms with Gasteiger partial charge in [-0.1, -0.05) is 18.9 Å². The van der Waals surface area contributed by atoms with Crippen molar-refractivity contribution in [3.63, 3.8) is 0 Å². The number of fused-ring (bicyclic) bond motifs is 1. The summed E-state index contributed by atoms with van der Waals surface area (Å²) in [4.78, 5) is 64.4. The molecule has 3 aliphatic carbocycles. The van der Waals surface area contributed by atoms with Crippen LogP contribution in [0.4, 0.5) is 14.5 Å². The minimum atomic E-state index is -2.85.